The van der Waals surface area contributed by atoms with Crippen molar-refractivity contribution >= 4 is 0 Å². The zero-order valence-corrected chi connectivity index (χ0v) is 10.4. The van der Waals surface area contributed by atoms with E-state index in [1.54, 1.807) is 0 Å². The second-order valence-corrected chi connectivity index (χ2v) is 5.01. The molecule has 3 nitrogen and oxygen atoms in total. The van der Waals surface area contributed by atoms with Crippen LogP contribution in [0.3, 0.4) is 0 Å². The molecule has 0 radical (unpaired) electrons. The molecule has 0 aliphatic carbocycles. The van der Waals surface area contributed by atoms with Gasteiger partial charge in [-0.15, -0.1) is 0 Å². The van der Waals surface area contributed by atoms with Crippen LogP contribution in [0.4, 0.5) is 13.2 Å². The Labute approximate surface area is 100 Å². The van der Waals surface area contributed by atoms with Gasteiger partial charge in [0.1, 0.15) is 0 Å². The predicted molar refractivity (Wildman–Crippen MR) is 59.7 cm³/mol. The molecule has 0 spiro atoms. The van der Waals surface area contributed by atoms with E-state index >= 15 is 0 Å². The van der Waals surface area contributed by atoms with Crippen molar-refractivity contribution < 1.29 is 17.9 Å². The molecule has 17 heavy (non-hydrogen) atoms. The molecular formula is C11H21F3N2O. The van der Waals surface area contributed by atoms with Gasteiger partial charge in [0.05, 0.1) is 13.2 Å². The maximum atomic E-state index is 12.2. The third-order valence-corrected chi connectivity index (χ3v) is 3.47. The monoisotopic (exact) mass is 254 g/mol. The van der Waals surface area contributed by atoms with Gasteiger partial charge in [0.15, 0.2) is 0 Å². The number of hydrogen-bond acceptors (Lipinski definition) is 3. The summed E-state index contributed by atoms with van der Waals surface area (Å²) in [7, 11) is 0. The third-order valence-electron chi connectivity index (χ3n) is 3.47. The van der Waals surface area contributed by atoms with Crippen LogP contribution in [0.5, 0.6) is 0 Å². The number of ether oxygens (including phenoxy) is 1. The van der Waals surface area contributed by atoms with Crippen molar-refractivity contribution in [3.8, 4) is 0 Å². The summed E-state index contributed by atoms with van der Waals surface area (Å²) in [4.78, 5) is 2.11. The quantitative estimate of drug-likeness (QED) is 0.831. The van der Waals surface area contributed by atoms with Gasteiger partial charge in [0, 0.05) is 31.1 Å². The molecule has 0 saturated carbocycles. The molecule has 0 aromatic heterocycles. The normalized spacial score (nSPS) is 21.5. The molecule has 1 aliphatic rings. The molecule has 1 atom stereocenters. The van der Waals surface area contributed by atoms with E-state index < -0.39 is 24.2 Å². The fourth-order valence-corrected chi connectivity index (χ4v) is 2.05. The minimum Gasteiger partial charge on any atom is -0.379 e. The molecule has 6 heteroatoms. The highest BCUT2D eigenvalue weighted by Crippen LogP contribution is 2.27. The Morgan fingerprint density at radius 1 is 1.24 bits per heavy atom. The Morgan fingerprint density at radius 2 is 1.76 bits per heavy atom. The van der Waals surface area contributed by atoms with Crippen LogP contribution in [-0.4, -0.2) is 49.0 Å². The number of nitrogens with zero attached hydrogens (tertiary/aromatic N) is 1. The number of halogens is 3. The van der Waals surface area contributed by atoms with Gasteiger partial charge in [-0.1, -0.05) is 0 Å². The number of nitrogens with two attached hydrogens (primary N) is 1. The van der Waals surface area contributed by atoms with Crippen LogP contribution in [-0.2, 0) is 4.74 Å². The van der Waals surface area contributed by atoms with Crippen molar-refractivity contribution in [2.75, 3.05) is 26.3 Å². The van der Waals surface area contributed by atoms with Gasteiger partial charge < -0.3 is 10.5 Å². The average molecular weight is 254 g/mol. The van der Waals surface area contributed by atoms with Gasteiger partial charge in [-0.3, -0.25) is 4.90 Å². The lowest BCUT2D eigenvalue weighted by atomic mass is 9.89. The number of alkyl halides is 3. The minimum absolute atomic E-state index is 0.0339. The standard InChI is InChI=1S/C11H21F3N2O/c1-10(2,16-5-7-17-8-6-16)9(15)3-4-11(12,13)14/h9H,3-8,15H2,1-2H3. The smallest absolute Gasteiger partial charge is 0.379 e. The fourth-order valence-electron chi connectivity index (χ4n) is 2.05. The Bertz CT molecular complexity index is 237. The first-order valence-corrected chi connectivity index (χ1v) is 5.88. The molecule has 1 rings (SSSR count). The molecule has 0 amide bonds. The van der Waals surface area contributed by atoms with Crippen molar-refractivity contribution in [2.45, 2.75) is 44.4 Å². The summed E-state index contributed by atoms with van der Waals surface area (Å²) >= 11 is 0. The molecule has 1 unspecified atom stereocenters. The van der Waals surface area contributed by atoms with Crippen LogP contribution in [0.15, 0.2) is 0 Å². The van der Waals surface area contributed by atoms with Crippen LogP contribution in [0.1, 0.15) is 26.7 Å². The topological polar surface area (TPSA) is 38.5 Å². The summed E-state index contributed by atoms with van der Waals surface area (Å²) in [6.45, 7) is 6.50. The lowest BCUT2D eigenvalue weighted by molar-refractivity contribution is -0.138. The highest BCUT2D eigenvalue weighted by Gasteiger charge is 2.36. The van der Waals surface area contributed by atoms with Crippen molar-refractivity contribution in [2.24, 2.45) is 5.73 Å². The van der Waals surface area contributed by atoms with Gasteiger partial charge in [-0.2, -0.15) is 13.2 Å². The van der Waals surface area contributed by atoms with E-state index in [1.807, 2.05) is 13.8 Å². The first kappa shape index (κ1) is 14.7. The predicted octanol–water partition coefficient (Wildman–Crippen LogP) is 1.77. The molecule has 1 fully saturated rings. The molecule has 1 saturated heterocycles. The van der Waals surface area contributed by atoms with E-state index in [0.717, 1.165) is 13.1 Å². The van der Waals surface area contributed by atoms with E-state index in [1.165, 1.54) is 0 Å². The zero-order valence-electron chi connectivity index (χ0n) is 10.4. The Morgan fingerprint density at radius 3 is 2.24 bits per heavy atom. The Hall–Kier alpha value is -0.330. The van der Waals surface area contributed by atoms with Gasteiger partial charge in [0.2, 0.25) is 0 Å². The van der Waals surface area contributed by atoms with Crippen molar-refractivity contribution in [3.05, 3.63) is 0 Å². The summed E-state index contributed by atoms with van der Waals surface area (Å²) < 4.78 is 41.7. The minimum atomic E-state index is -4.13. The lowest BCUT2D eigenvalue weighted by Crippen LogP contribution is -2.59. The molecule has 1 aliphatic heterocycles. The molecule has 2 N–H and O–H groups in total. The third kappa shape index (κ3) is 4.44. The van der Waals surface area contributed by atoms with Crippen LogP contribution in [0.2, 0.25) is 0 Å². The number of morpholine rings is 1. The van der Waals surface area contributed by atoms with Gasteiger partial charge in [-0.05, 0) is 20.3 Å². The summed E-state index contributed by atoms with van der Waals surface area (Å²) in [5.74, 6) is 0. The first-order valence-electron chi connectivity index (χ1n) is 5.88. The molecule has 0 bridgehead atoms. The van der Waals surface area contributed by atoms with E-state index in [-0.39, 0.29) is 6.42 Å². The van der Waals surface area contributed by atoms with Crippen molar-refractivity contribution in [1.29, 1.82) is 0 Å². The van der Waals surface area contributed by atoms with E-state index in [9.17, 15) is 13.2 Å². The van der Waals surface area contributed by atoms with Crippen LogP contribution < -0.4 is 5.73 Å². The zero-order chi connectivity index (χ0) is 13.1. The Kier molecular flexibility index (Phi) is 4.80. The van der Waals surface area contributed by atoms with Gasteiger partial charge in [-0.25, -0.2) is 0 Å². The van der Waals surface area contributed by atoms with E-state index in [4.69, 9.17) is 10.5 Å². The van der Waals surface area contributed by atoms with Crippen molar-refractivity contribution in [3.63, 3.8) is 0 Å². The first-order chi connectivity index (χ1) is 7.73. The fraction of sp³-hybridized carbons (Fsp3) is 1.00. The molecule has 0 aromatic rings. The summed E-state index contributed by atoms with van der Waals surface area (Å²) in [6, 6.07) is -0.484. The Balaban J connectivity index is 2.49. The van der Waals surface area contributed by atoms with Gasteiger partial charge >= 0.3 is 6.18 Å². The summed E-state index contributed by atoms with van der Waals surface area (Å²) in [5.41, 5.74) is 5.49. The second kappa shape index (κ2) is 5.54. The van der Waals surface area contributed by atoms with Crippen LogP contribution in [0, 0.1) is 0 Å². The lowest BCUT2D eigenvalue weighted by Gasteiger charge is -2.44. The highest BCUT2D eigenvalue weighted by molar-refractivity contribution is 4.92. The highest BCUT2D eigenvalue weighted by atomic mass is 19.4. The molecular weight excluding hydrogens is 233 g/mol. The number of hydrogen-bond donors (Lipinski definition) is 1. The maximum Gasteiger partial charge on any atom is 0.389 e. The SMILES string of the molecule is CC(C)(C(N)CCC(F)(F)F)N1CCOCC1. The van der Waals surface area contributed by atoms with E-state index in [0.29, 0.717) is 13.2 Å². The molecule has 1 heterocycles. The second-order valence-electron chi connectivity index (χ2n) is 5.01. The average Bonchev–Trinajstić information content (AvgIpc) is 2.26. The molecule has 102 valence electrons. The van der Waals surface area contributed by atoms with Gasteiger partial charge in [0.25, 0.3) is 0 Å². The number of rotatable bonds is 4. The maximum absolute atomic E-state index is 12.2. The van der Waals surface area contributed by atoms with Crippen molar-refractivity contribution in [1.82, 2.24) is 4.90 Å². The van der Waals surface area contributed by atoms with Crippen LogP contribution in [0.25, 0.3) is 0 Å². The summed E-state index contributed by atoms with van der Waals surface area (Å²) in [6.07, 6.45) is -4.98. The summed E-state index contributed by atoms with van der Waals surface area (Å²) in [5, 5.41) is 0. The molecule has 0 aromatic carbocycles. The van der Waals surface area contributed by atoms with E-state index in [2.05, 4.69) is 4.90 Å². The largest absolute Gasteiger partial charge is 0.389 e. The van der Waals surface area contributed by atoms with Crippen LogP contribution >= 0.6 is 0 Å².